The molecule has 5 rings (SSSR count). The Hall–Kier alpha value is -3.84. The van der Waals surface area contributed by atoms with Gasteiger partial charge in [0.25, 0.3) is 5.91 Å². The average molecular weight is 415 g/mol. The van der Waals surface area contributed by atoms with E-state index in [1.807, 2.05) is 66.0 Å². The Morgan fingerprint density at radius 3 is 2.45 bits per heavy atom. The van der Waals surface area contributed by atoms with Crippen molar-refractivity contribution in [2.45, 2.75) is 6.23 Å². The molecule has 7 nitrogen and oxygen atoms in total. The fourth-order valence-corrected chi connectivity index (χ4v) is 4.46. The van der Waals surface area contributed by atoms with Crippen molar-refractivity contribution in [3.8, 4) is 0 Å². The highest BCUT2D eigenvalue weighted by Gasteiger charge is 2.35. The first-order valence-electron chi connectivity index (χ1n) is 9.86. The van der Waals surface area contributed by atoms with E-state index in [-0.39, 0.29) is 5.91 Å². The Morgan fingerprint density at radius 2 is 1.68 bits per heavy atom. The predicted octanol–water partition coefficient (Wildman–Crippen LogP) is 2.82. The summed E-state index contributed by atoms with van der Waals surface area (Å²) in [5.74, 6) is -0.755. The second kappa shape index (κ2) is 6.85. The lowest BCUT2D eigenvalue weighted by Gasteiger charge is -2.08. The van der Waals surface area contributed by atoms with Gasteiger partial charge in [-0.1, -0.05) is 24.3 Å². The van der Waals surface area contributed by atoms with E-state index in [0.717, 1.165) is 27.4 Å². The van der Waals surface area contributed by atoms with Gasteiger partial charge in [-0.3, -0.25) is 4.79 Å². The van der Waals surface area contributed by atoms with Crippen LogP contribution < -0.4 is 5.32 Å². The highest BCUT2D eigenvalue weighted by atomic mass is 16.5. The van der Waals surface area contributed by atoms with Crippen LogP contribution >= 0.6 is 0 Å². The maximum absolute atomic E-state index is 13.0. The number of aryl methyl sites for hydroxylation is 2. The summed E-state index contributed by atoms with van der Waals surface area (Å²) in [7, 11) is 5.14. The predicted molar refractivity (Wildman–Crippen MR) is 118 cm³/mol. The molecule has 2 N–H and O–H groups in total. The number of amides is 1. The van der Waals surface area contributed by atoms with E-state index in [1.54, 1.807) is 12.1 Å². The Balaban J connectivity index is 1.79. The number of methoxy groups -OCH3 is 1. The number of esters is 1. The number of nitrogens with zero attached hydrogens (tertiary/aromatic N) is 2. The van der Waals surface area contributed by atoms with Gasteiger partial charge in [0.05, 0.1) is 18.2 Å². The third-order valence-electron chi connectivity index (χ3n) is 5.91. The fourth-order valence-electron chi connectivity index (χ4n) is 4.46. The Bertz CT molecular complexity index is 1420. The van der Waals surface area contributed by atoms with Crippen LogP contribution in [0.3, 0.4) is 0 Å². The van der Waals surface area contributed by atoms with Gasteiger partial charge in [-0.25, -0.2) is 4.79 Å². The number of carbonyl (C=O) groups excluding carboxylic acids is 2. The first-order valence-corrected chi connectivity index (χ1v) is 9.86. The van der Waals surface area contributed by atoms with Crippen LogP contribution in [0.4, 0.5) is 0 Å². The summed E-state index contributed by atoms with van der Waals surface area (Å²) in [4.78, 5) is 24.9. The van der Waals surface area contributed by atoms with Crippen LogP contribution in [0.5, 0.6) is 0 Å². The number of benzene rings is 2. The molecule has 1 aliphatic heterocycles. The number of rotatable bonds is 3. The highest BCUT2D eigenvalue weighted by Crippen LogP contribution is 2.40. The van der Waals surface area contributed by atoms with Crippen molar-refractivity contribution >= 4 is 44.8 Å². The van der Waals surface area contributed by atoms with E-state index in [4.69, 9.17) is 4.74 Å². The van der Waals surface area contributed by atoms with Crippen molar-refractivity contribution in [3.05, 3.63) is 71.5 Å². The summed E-state index contributed by atoms with van der Waals surface area (Å²) in [5.41, 5.74) is 4.72. The van der Waals surface area contributed by atoms with Crippen LogP contribution in [0.2, 0.25) is 0 Å². The molecule has 0 spiro atoms. The molecule has 7 heteroatoms. The van der Waals surface area contributed by atoms with Crippen molar-refractivity contribution in [1.29, 1.82) is 0 Å². The van der Waals surface area contributed by atoms with Gasteiger partial charge >= 0.3 is 5.97 Å². The monoisotopic (exact) mass is 415 g/mol. The van der Waals surface area contributed by atoms with E-state index in [0.29, 0.717) is 22.3 Å². The quantitative estimate of drug-likeness (QED) is 0.504. The lowest BCUT2D eigenvalue weighted by molar-refractivity contribution is -0.116. The van der Waals surface area contributed by atoms with Crippen molar-refractivity contribution < 1.29 is 19.4 Å². The van der Waals surface area contributed by atoms with Gasteiger partial charge in [0, 0.05) is 65.0 Å². The Labute approximate surface area is 178 Å². The first-order chi connectivity index (χ1) is 14.9. The normalized spacial score (nSPS) is 16.4. The van der Waals surface area contributed by atoms with E-state index < -0.39 is 12.2 Å². The lowest BCUT2D eigenvalue weighted by atomic mass is 9.95. The number of carbonyl (C=O) groups is 2. The summed E-state index contributed by atoms with van der Waals surface area (Å²) in [6.45, 7) is 0. The molecule has 0 saturated heterocycles. The maximum atomic E-state index is 13.0. The zero-order valence-corrected chi connectivity index (χ0v) is 17.3. The van der Waals surface area contributed by atoms with Crippen LogP contribution in [-0.2, 0) is 23.6 Å². The zero-order chi connectivity index (χ0) is 21.9. The Morgan fingerprint density at radius 1 is 1.00 bits per heavy atom. The van der Waals surface area contributed by atoms with E-state index in [9.17, 15) is 14.7 Å². The second-order valence-electron chi connectivity index (χ2n) is 7.71. The molecule has 0 saturated carbocycles. The molecule has 2 aromatic carbocycles. The molecule has 0 aliphatic carbocycles. The number of fused-ring (bicyclic) bond motifs is 2. The molecule has 2 aromatic heterocycles. The summed E-state index contributed by atoms with van der Waals surface area (Å²) in [6.07, 6.45) is 2.67. The lowest BCUT2D eigenvalue weighted by Crippen LogP contribution is -2.27. The molecule has 1 aliphatic rings. The summed E-state index contributed by atoms with van der Waals surface area (Å²) in [6, 6.07) is 13.1. The van der Waals surface area contributed by atoms with E-state index in [2.05, 4.69) is 5.32 Å². The molecule has 0 radical (unpaired) electrons. The molecule has 1 unspecified atom stereocenters. The van der Waals surface area contributed by atoms with Crippen LogP contribution in [0.25, 0.3) is 33.0 Å². The third kappa shape index (κ3) is 2.78. The van der Waals surface area contributed by atoms with Gasteiger partial charge in [-0.2, -0.15) is 0 Å². The minimum absolute atomic E-state index is 0.333. The van der Waals surface area contributed by atoms with Crippen molar-refractivity contribution in [1.82, 2.24) is 14.5 Å². The zero-order valence-electron chi connectivity index (χ0n) is 17.3. The van der Waals surface area contributed by atoms with Gasteiger partial charge < -0.3 is 24.3 Å². The van der Waals surface area contributed by atoms with Crippen LogP contribution in [0.15, 0.2) is 54.9 Å². The molecule has 156 valence electrons. The number of nitrogens with one attached hydrogen (secondary N) is 1. The number of aromatic nitrogens is 2. The van der Waals surface area contributed by atoms with Gasteiger partial charge in [0.2, 0.25) is 0 Å². The molecule has 1 atom stereocenters. The first kappa shape index (κ1) is 19.1. The van der Waals surface area contributed by atoms with Gasteiger partial charge in [0.1, 0.15) is 0 Å². The van der Waals surface area contributed by atoms with Crippen LogP contribution in [0.1, 0.15) is 21.5 Å². The van der Waals surface area contributed by atoms with E-state index in [1.165, 1.54) is 7.11 Å². The molecule has 0 fully saturated rings. The smallest absolute Gasteiger partial charge is 0.337 e. The third-order valence-corrected chi connectivity index (χ3v) is 5.91. The molecular formula is C24H21N3O4. The second-order valence-corrected chi connectivity index (χ2v) is 7.71. The summed E-state index contributed by atoms with van der Waals surface area (Å²) >= 11 is 0. The number of ether oxygens (including phenoxy) is 1. The minimum Gasteiger partial charge on any atom is -0.465 e. The number of hydrogen-bond acceptors (Lipinski definition) is 4. The molecule has 4 aromatic rings. The Kier molecular flexibility index (Phi) is 4.23. The topological polar surface area (TPSA) is 85.5 Å². The van der Waals surface area contributed by atoms with E-state index >= 15 is 0 Å². The number of aliphatic hydroxyl groups is 1. The largest absolute Gasteiger partial charge is 0.465 e. The maximum Gasteiger partial charge on any atom is 0.337 e. The molecule has 31 heavy (non-hydrogen) atoms. The minimum atomic E-state index is -1.11. The molecular weight excluding hydrogens is 394 g/mol. The number of hydrogen-bond donors (Lipinski definition) is 2. The van der Waals surface area contributed by atoms with Crippen molar-refractivity contribution in [3.63, 3.8) is 0 Å². The van der Waals surface area contributed by atoms with Gasteiger partial charge in [0.15, 0.2) is 6.23 Å². The van der Waals surface area contributed by atoms with Crippen LogP contribution in [-0.4, -0.2) is 39.5 Å². The van der Waals surface area contributed by atoms with Gasteiger partial charge in [-0.15, -0.1) is 0 Å². The SMILES string of the molecule is COC(=O)c1ccc2c(C3=C(c4cn(C)c5ccccc45)C(O)NC3=O)cn(C)c2c1. The average Bonchev–Trinajstić information content (AvgIpc) is 3.38. The summed E-state index contributed by atoms with van der Waals surface area (Å²) in [5, 5.41) is 15.2. The van der Waals surface area contributed by atoms with Crippen LogP contribution in [0, 0.1) is 0 Å². The molecule has 0 bridgehead atoms. The van der Waals surface area contributed by atoms with Crippen molar-refractivity contribution in [2.24, 2.45) is 14.1 Å². The number of aliphatic hydroxyl groups excluding tert-OH is 1. The number of para-hydroxylation sites is 1. The van der Waals surface area contributed by atoms with Crippen molar-refractivity contribution in [2.75, 3.05) is 7.11 Å². The summed E-state index contributed by atoms with van der Waals surface area (Å²) < 4.78 is 8.67. The highest BCUT2D eigenvalue weighted by molar-refractivity contribution is 6.33. The molecule has 3 heterocycles. The fraction of sp³-hybridized carbons (Fsp3) is 0.167. The van der Waals surface area contributed by atoms with Gasteiger partial charge in [-0.05, 0) is 18.2 Å². The molecule has 1 amide bonds. The standard InChI is InChI=1S/C24H21N3O4/c1-26-11-16(14-6-4-5-7-18(14)26)20-21(23(29)25-22(20)28)17-12-27(2)19-10-13(24(30)31-3)8-9-15(17)19/h4-12,22,28H,1-3H3,(H,25,29).